The second kappa shape index (κ2) is 9.85. The van der Waals surface area contributed by atoms with Crippen LogP contribution in [0, 0.1) is 17.3 Å². The number of anilines is 3. The van der Waals surface area contributed by atoms with E-state index in [1.165, 1.54) is 22.1 Å². The number of aryl methyl sites for hydroxylation is 2. The maximum atomic E-state index is 13.6. The Kier molecular flexibility index (Phi) is 6.36. The van der Waals surface area contributed by atoms with Crippen molar-refractivity contribution in [3.63, 3.8) is 0 Å². The van der Waals surface area contributed by atoms with Crippen LogP contribution in [0.2, 0.25) is 0 Å². The Morgan fingerprint density at radius 2 is 2.07 bits per heavy atom. The molecule has 0 aliphatic heterocycles. The third-order valence-corrected chi connectivity index (χ3v) is 10.4. The van der Waals surface area contributed by atoms with Crippen molar-refractivity contribution in [3.8, 4) is 0 Å². The number of carbonyl (C=O) groups excluding carboxylic acids is 2. The number of amides is 2. The molecule has 3 aromatic rings. The molecule has 14 heteroatoms. The summed E-state index contributed by atoms with van der Waals surface area (Å²) < 4.78 is 42.8. The Morgan fingerprint density at radius 3 is 2.76 bits per heavy atom. The van der Waals surface area contributed by atoms with Gasteiger partial charge >= 0.3 is 0 Å². The molecule has 10 nitrogen and oxygen atoms in total. The molecule has 0 radical (unpaired) electrons. The number of halogens is 3. The van der Waals surface area contributed by atoms with Crippen molar-refractivity contribution >= 4 is 39.9 Å². The van der Waals surface area contributed by atoms with E-state index in [4.69, 9.17) is 0 Å². The molecule has 2 atom stereocenters. The SMILES string of the molecule is Cn1nc(C(F)F)cc1Nc1nncn1[C@H]1CCc2sc(NC(=O)[C@H]3CC34CC4)c(C(=O)NCC3CC(F)C3)c2C1. The lowest BCUT2D eigenvalue weighted by atomic mass is 9.83. The van der Waals surface area contributed by atoms with Crippen molar-refractivity contribution < 1.29 is 22.8 Å². The third-order valence-electron chi connectivity index (χ3n) is 9.16. The van der Waals surface area contributed by atoms with Crippen LogP contribution < -0.4 is 16.0 Å². The molecule has 3 aromatic heterocycles. The molecule has 7 rings (SSSR count). The van der Waals surface area contributed by atoms with E-state index in [2.05, 4.69) is 31.2 Å². The molecule has 4 aliphatic carbocycles. The van der Waals surface area contributed by atoms with Gasteiger partial charge in [0.25, 0.3) is 12.3 Å². The average Bonchev–Trinajstić information content (AvgIpc) is 3.68. The first-order valence-corrected chi connectivity index (χ1v) is 14.9. The summed E-state index contributed by atoms with van der Waals surface area (Å²) in [5.41, 5.74) is 1.23. The van der Waals surface area contributed by atoms with Crippen molar-refractivity contribution in [1.29, 1.82) is 0 Å². The monoisotopic (exact) mass is 588 g/mol. The van der Waals surface area contributed by atoms with Crippen molar-refractivity contribution in [2.45, 2.75) is 70.0 Å². The van der Waals surface area contributed by atoms with Gasteiger partial charge in [0.2, 0.25) is 11.9 Å². The van der Waals surface area contributed by atoms with Gasteiger partial charge in [-0.25, -0.2) is 13.2 Å². The molecule has 3 heterocycles. The molecule has 3 saturated carbocycles. The van der Waals surface area contributed by atoms with Crippen LogP contribution in [0.25, 0.3) is 0 Å². The zero-order valence-electron chi connectivity index (χ0n) is 22.5. The van der Waals surface area contributed by atoms with E-state index in [1.54, 1.807) is 13.4 Å². The van der Waals surface area contributed by atoms with Gasteiger partial charge in [-0.15, -0.1) is 21.5 Å². The molecule has 41 heavy (non-hydrogen) atoms. The van der Waals surface area contributed by atoms with Gasteiger partial charge in [-0.05, 0) is 68.3 Å². The summed E-state index contributed by atoms with van der Waals surface area (Å²) in [4.78, 5) is 27.7. The molecule has 3 N–H and O–H groups in total. The van der Waals surface area contributed by atoms with Gasteiger partial charge in [-0.1, -0.05) is 0 Å². The van der Waals surface area contributed by atoms with Gasteiger partial charge in [-0.3, -0.25) is 18.8 Å². The summed E-state index contributed by atoms with van der Waals surface area (Å²) in [6.45, 7) is 0.400. The van der Waals surface area contributed by atoms with Crippen LogP contribution in [0.4, 0.5) is 29.9 Å². The van der Waals surface area contributed by atoms with E-state index < -0.39 is 12.6 Å². The zero-order valence-corrected chi connectivity index (χ0v) is 23.3. The number of carbonyl (C=O) groups is 2. The van der Waals surface area contributed by atoms with Crippen molar-refractivity contribution in [2.75, 3.05) is 17.2 Å². The van der Waals surface area contributed by atoms with Crippen LogP contribution in [-0.2, 0) is 24.7 Å². The molecule has 3 fully saturated rings. The van der Waals surface area contributed by atoms with E-state index in [0.717, 1.165) is 36.1 Å². The van der Waals surface area contributed by atoms with Gasteiger partial charge in [-0.2, -0.15) is 5.10 Å². The predicted molar refractivity (Wildman–Crippen MR) is 145 cm³/mol. The summed E-state index contributed by atoms with van der Waals surface area (Å²) >= 11 is 1.46. The second-order valence-electron chi connectivity index (χ2n) is 11.9. The Labute approximate surface area is 238 Å². The molecule has 218 valence electrons. The molecule has 4 aliphatic rings. The molecular weight excluding hydrogens is 557 g/mol. The number of thiophene rings is 1. The molecule has 0 aromatic carbocycles. The Balaban J connectivity index is 1.13. The fourth-order valence-electron chi connectivity index (χ4n) is 6.33. The van der Waals surface area contributed by atoms with Gasteiger partial charge in [0, 0.05) is 36.5 Å². The second-order valence-corrected chi connectivity index (χ2v) is 13.0. The maximum absolute atomic E-state index is 13.6. The number of hydrogen-bond acceptors (Lipinski definition) is 7. The number of rotatable bonds is 9. The summed E-state index contributed by atoms with van der Waals surface area (Å²) in [6, 6.07) is 1.17. The minimum absolute atomic E-state index is 0.0180. The highest BCUT2D eigenvalue weighted by Gasteiger charge is 2.65. The van der Waals surface area contributed by atoms with Gasteiger partial charge in [0.1, 0.15) is 29.0 Å². The minimum Gasteiger partial charge on any atom is -0.352 e. The standard InChI is InChI=1S/C27H31F3N8O2S/c1-37-20(9-18(36-37)22(29)30)33-26-35-32-12-38(26)15-2-3-19-16(8-15)21(24(40)31-11-13-6-14(28)7-13)25(41-19)34-23(39)17-10-27(17)4-5-27/h9,12-15,17,22H,2-8,10-11H2,1H3,(H,31,40)(H,33,35)(H,34,39)/t13?,14?,15-,17+/m0/s1. The number of nitrogens with zero attached hydrogens (tertiary/aromatic N) is 5. The lowest BCUT2D eigenvalue weighted by molar-refractivity contribution is -0.117. The molecule has 2 amide bonds. The topological polar surface area (TPSA) is 119 Å². The van der Waals surface area contributed by atoms with E-state index in [1.807, 2.05) is 4.57 Å². The molecule has 1 spiro atoms. The first-order valence-electron chi connectivity index (χ1n) is 14.1. The van der Waals surface area contributed by atoms with Gasteiger partial charge in [0.05, 0.1) is 5.56 Å². The van der Waals surface area contributed by atoms with Crippen molar-refractivity contribution in [1.82, 2.24) is 29.9 Å². The Bertz CT molecular complexity index is 1510. The molecular formula is C27H31F3N8O2S. The highest BCUT2D eigenvalue weighted by atomic mass is 32.1. The first kappa shape index (κ1) is 26.5. The Morgan fingerprint density at radius 1 is 1.27 bits per heavy atom. The summed E-state index contributed by atoms with van der Waals surface area (Å²) in [7, 11) is 1.57. The molecule has 0 saturated heterocycles. The van der Waals surface area contributed by atoms with Crippen LogP contribution >= 0.6 is 11.3 Å². The fraction of sp³-hybridized carbons (Fsp3) is 0.593. The van der Waals surface area contributed by atoms with Crippen LogP contribution in [-0.4, -0.2) is 49.1 Å². The highest BCUT2D eigenvalue weighted by Crippen LogP contribution is 2.70. The quantitative estimate of drug-likeness (QED) is 0.334. The predicted octanol–water partition coefficient (Wildman–Crippen LogP) is 4.70. The van der Waals surface area contributed by atoms with Crippen LogP contribution in [0.5, 0.6) is 0 Å². The highest BCUT2D eigenvalue weighted by molar-refractivity contribution is 7.17. The first-order chi connectivity index (χ1) is 19.7. The van der Waals surface area contributed by atoms with E-state index in [9.17, 15) is 22.8 Å². The van der Waals surface area contributed by atoms with Crippen molar-refractivity contribution in [3.05, 3.63) is 34.1 Å². The number of nitrogens with one attached hydrogen (secondary N) is 3. The normalized spacial score (nSPS) is 25.5. The fourth-order valence-corrected chi connectivity index (χ4v) is 7.58. The van der Waals surface area contributed by atoms with Crippen LogP contribution in [0.3, 0.4) is 0 Å². The number of aromatic nitrogens is 5. The number of hydrogen-bond donors (Lipinski definition) is 3. The van der Waals surface area contributed by atoms with Gasteiger partial charge < -0.3 is 16.0 Å². The molecule has 0 unspecified atom stereocenters. The molecule has 0 bridgehead atoms. The summed E-state index contributed by atoms with van der Waals surface area (Å²) in [5, 5.41) is 21.8. The van der Waals surface area contributed by atoms with Crippen LogP contribution in [0.1, 0.15) is 77.5 Å². The minimum atomic E-state index is -2.69. The van der Waals surface area contributed by atoms with Crippen molar-refractivity contribution in [2.24, 2.45) is 24.3 Å². The third kappa shape index (κ3) is 4.89. The van der Waals surface area contributed by atoms with Gasteiger partial charge in [0.15, 0.2) is 0 Å². The van der Waals surface area contributed by atoms with E-state index >= 15 is 0 Å². The zero-order chi connectivity index (χ0) is 28.5. The smallest absolute Gasteiger partial charge is 0.282 e. The lowest BCUT2D eigenvalue weighted by Crippen LogP contribution is -2.37. The summed E-state index contributed by atoms with van der Waals surface area (Å²) in [5.74, 6) is 0.603. The lowest BCUT2D eigenvalue weighted by Gasteiger charge is -2.29. The summed E-state index contributed by atoms with van der Waals surface area (Å²) in [6.07, 6.45) is 4.05. The number of fused-ring (bicyclic) bond motifs is 1. The Hall–Kier alpha value is -3.42. The average molecular weight is 589 g/mol. The largest absolute Gasteiger partial charge is 0.352 e. The van der Waals surface area contributed by atoms with E-state index in [0.29, 0.717) is 54.6 Å². The number of alkyl halides is 3. The van der Waals surface area contributed by atoms with Crippen LogP contribution in [0.15, 0.2) is 12.4 Å². The van der Waals surface area contributed by atoms with E-state index in [-0.39, 0.29) is 40.8 Å². The maximum Gasteiger partial charge on any atom is 0.282 e.